The second-order valence-corrected chi connectivity index (χ2v) is 6.70. The Morgan fingerprint density at radius 3 is 2.55 bits per heavy atom. The summed E-state index contributed by atoms with van der Waals surface area (Å²) < 4.78 is 12.3. The molecule has 1 aliphatic heterocycles. The molecule has 1 saturated carbocycles. The van der Waals surface area contributed by atoms with E-state index in [1.165, 1.54) is 43.2 Å². The van der Waals surface area contributed by atoms with Crippen molar-refractivity contribution >= 4 is 15.9 Å². The lowest BCUT2D eigenvalue weighted by atomic mass is 9.68. The lowest BCUT2D eigenvalue weighted by molar-refractivity contribution is 0.172. The number of hydrogen-bond acceptors (Lipinski definition) is 3. The van der Waals surface area contributed by atoms with Gasteiger partial charge >= 0.3 is 0 Å². The Morgan fingerprint density at radius 1 is 1.20 bits per heavy atom. The molecule has 0 amide bonds. The minimum absolute atomic E-state index is 0.118. The molecule has 0 atom stereocenters. The molecule has 1 heterocycles. The van der Waals surface area contributed by atoms with Crippen LogP contribution in [0.4, 0.5) is 0 Å². The van der Waals surface area contributed by atoms with E-state index in [1.54, 1.807) is 0 Å². The third-order valence-corrected chi connectivity index (χ3v) is 5.42. The molecule has 1 aromatic rings. The molecule has 0 saturated heterocycles. The van der Waals surface area contributed by atoms with E-state index in [-0.39, 0.29) is 5.41 Å². The number of hydrogen-bond donors (Lipinski definition) is 1. The van der Waals surface area contributed by atoms with Crippen molar-refractivity contribution in [3.8, 4) is 11.5 Å². The second kappa shape index (κ2) is 5.57. The highest BCUT2D eigenvalue weighted by Crippen LogP contribution is 2.49. The van der Waals surface area contributed by atoms with Gasteiger partial charge in [-0.3, -0.25) is 0 Å². The van der Waals surface area contributed by atoms with Gasteiger partial charge in [0.2, 0.25) is 6.79 Å². The zero-order chi connectivity index (χ0) is 14.2. The van der Waals surface area contributed by atoms with E-state index >= 15 is 0 Å². The lowest BCUT2D eigenvalue weighted by Gasteiger charge is -2.38. The number of ether oxygens (including phenoxy) is 2. The number of halogens is 1. The summed E-state index contributed by atoms with van der Waals surface area (Å²) in [6.07, 6.45) is 7.19. The van der Waals surface area contributed by atoms with E-state index in [9.17, 15) is 0 Å². The van der Waals surface area contributed by atoms with Gasteiger partial charge in [-0.25, -0.2) is 0 Å². The lowest BCUT2D eigenvalue weighted by Crippen LogP contribution is -2.38. The standard InChI is InChI=1S/C16H22BrNO2/c1-2-11-12(16(9-18)6-4-3-5-7-16)8-13(17)15-14(11)19-10-20-15/h8H,2-7,9-10,18H2,1H3. The summed E-state index contributed by atoms with van der Waals surface area (Å²) in [6.45, 7) is 3.22. The predicted molar refractivity (Wildman–Crippen MR) is 83.5 cm³/mol. The van der Waals surface area contributed by atoms with Crippen molar-refractivity contribution in [2.75, 3.05) is 13.3 Å². The van der Waals surface area contributed by atoms with Crippen molar-refractivity contribution in [3.63, 3.8) is 0 Å². The molecule has 0 bridgehead atoms. The summed E-state index contributed by atoms with van der Waals surface area (Å²) in [5.41, 5.74) is 8.98. The maximum absolute atomic E-state index is 6.20. The van der Waals surface area contributed by atoms with Crippen LogP contribution >= 0.6 is 15.9 Å². The zero-order valence-electron chi connectivity index (χ0n) is 12.0. The van der Waals surface area contributed by atoms with Crippen molar-refractivity contribution in [2.45, 2.75) is 50.9 Å². The van der Waals surface area contributed by atoms with Crippen molar-refractivity contribution in [1.29, 1.82) is 0 Å². The van der Waals surface area contributed by atoms with E-state index in [1.807, 2.05) is 0 Å². The molecular formula is C16H22BrNO2. The SMILES string of the molecule is CCc1c(C2(CN)CCCCC2)cc(Br)c2c1OCO2. The van der Waals surface area contributed by atoms with E-state index < -0.39 is 0 Å². The van der Waals surface area contributed by atoms with Crippen LogP contribution in [0.15, 0.2) is 10.5 Å². The first-order valence-electron chi connectivity index (χ1n) is 7.53. The average molecular weight is 340 g/mol. The molecule has 0 aromatic heterocycles. The Balaban J connectivity index is 2.15. The monoisotopic (exact) mass is 339 g/mol. The highest BCUT2D eigenvalue weighted by molar-refractivity contribution is 9.10. The molecule has 2 aliphatic rings. The van der Waals surface area contributed by atoms with Gasteiger partial charge in [-0.2, -0.15) is 0 Å². The summed E-state index contributed by atoms with van der Waals surface area (Å²) in [5, 5.41) is 0. The van der Waals surface area contributed by atoms with Crippen LogP contribution in [0.2, 0.25) is 0 Å². The Morgan fingerprint density at radius 2 is 1.90 bits per heavy atom. The minimum Gasteiger partial charge on any atom is -0.453 e. The molecule has 0 unspecified atom stereocenters. The molecular weight excluding hydrogens is 318 g/mol. The molecule has 110 valence electrons. The minimum atomic E-state index is 0.118. The third kappa shape index (κ3) is 2.13. The molecule has 3 nitrogen and oxygen atoms in total. The van der Waals surface area contributed by atoms with Gasteiger partial charge in [0.1, 0.15) is 0 Å². The quantitative estimate of drug-likeness (QED) is 0.908. The van der Waals surface area contributed by atoms with Crippen LogP contribution in [0.5, 0.6) is 11.5 Å². The molecule has 4 heteroatoms. The molecule has 20 heavy (non-hydrogen) atoms. The van der Waals surface area contributed by atoms with Crippen LogP contribution in [0.3, 0.4) is 0 Å². The van der Waals surface area contributed by atoms with Crippen molar-refractivity contribution in [2.24, 2.45) is 5.73 Å². The van der Waals surface area contributed by atoms with Crippen LogP contribution in [-0.4, -0.2) is 13.3 Å². The Hall–Kier alpha value is -0.740. The Labute approximate surface area is 129 Å². The van der Waals surface area contributed by atoms with Gasteiger partial charge in [0.25, 0.3) is 0 Å². The fraction of sp³-hybridized carbons (Fsp3) is 0.625. The van der Waals surface area contributed by atoms with E-state index in [0.29, 0.717) is 13.3 Å². The topological polar surface area (TPSA) is 44.5 Å². The molecule has 3 rings (SSSR count). The van der Waals surface area contributed by atoms with Gasteiger partial charge in [-0.05, 0) is 46.8 Å². The molecule has 0 radical (unpaired) electrons. The predicted octanol–water partition coefficient (Wildman–Crippen LogP) is 3.90. The first-order valence-corrected chi connectivity index (χ1v) is 8.32. The summed E-state index contributed by atoms with van der Waals surface area (Å²) >= 11 is 3.64. The van der Waals surface area contributed by atoms with Crippen molar-refractivity contribution in [3.05, 3.63) is 21.7 Å². The van der Waals surface area contributed by atoms with Crippen LogP contribution < -0.4 is 15.2 Å². The highest BCUT2D eigenvalue weighted by Gasteiger charge is 2.37. The Bertz CT molecular complexity index is 510. The molecule has 1 aliphatic carbocycles. The van der Waals surface area contributed by atoms with Crippen molar-refractivity contribution in [1.82, 2.24) is 0 Å². The highest BCUT2D eigenvalue weighted by atomic mass is 79.9. The van der Waals surface area contributed by atoms with Gasteiger partial charge in [-0.1, -0.05) is 26.2 Å². The average Bonchev–Trinajstić information content (AvgIpc) is 2.98. The summed E-state index contributed by atoms with van der Waals surface area (Å²) in [7, 11) is 0. The molecule has 2 N–H and O–H groups in total. The van der Waals surface area contributed by atoms with Gasteiger partial charge in [0.05, 0.1) is 4.47 Å². The normalized spacial score (nSPS) is 20.1. The summed E-state index contributed by atoms with van der Waals surface area (Å²) in [6, 6.07) is 2.23. The van der Waals surface area contributed by atoms with Gasteiger partial charge in [-0.15, -0.1) is 0 Å². The first-order chi connectivity index (χ1) is 9.72. The van der Waals surface area contributed by atoms with E-state index in [4.69, 9.17) is 15.2 Å². The van der Waals surface area contributed by atoms with Gasteiger partial charge in [0, 0.05) is 17.5 Å². The molecule has 0 spiro atoms. The van der Waals surface area contributed by atoms with E-state index in [0.717, 1.165) is 22.4 Å². The number of nitrogens with two attached hydrogens (primary N) is 1. The smallest absolute Gasteiger partial charge is 0.231 e. The van der Waals surface area contributed by atoms with Crippen LogP contribution in [-0.2, 0) is 11.8 Å². The first kappa shape index (κ1) is 14.2. The number of benzene rings is 1. The Kier molecular flexibility index (Phi) is 3.95. The van der Waals surface area contributed by atoms with E-state index in [2.05, 4.69) is 28.9 Å². The zero-order valence-corrected chi connectivity index (χ0v) is 13.6. The maximum atomic E-state index is 6.20. The number of rotatable bonds is 3. The fourth-order valence-electron chi connectivity index (χ4n) is 3.72. The van der Waals surface area contributed by atoms with Crippen LogP contribution in [0.1, 0.15) is 50.2 Å². The number of fused-ring (bicyclic) bond motifs is 1. The summed E-state index contributed by atoms with van der Waals surface area (Å²) in [5.74, 6) is 1.78. The second-order valence-electron chi connectivity index (χ2n) is 5.85. The van der Waals surface area contributed by atoms with Crippen molar-refractivity contribution < 1.29 is 9.47 Å². The van der Waals surface area contributed by atoms with Gasteiger partial charge in [0.15, 0.2) is 11.5 Å². The maximum Gasteiger partial charge on any atom is 0.231 e. The van der Waals surface area contributed by atoms with Crippen LogP contribution in [0.25, 0.3) is 0 Å². The van der Waals surface area contributed by atoms with Gasteiger partial charge < -0.3 is 15.2 Å². The largest absolute Gasteiger partial charge is 0.453 e. The third-order valence-electron chi connectivity index (χ3n) is 4.83. The molecule has 1 aromatic carbocycles. The van der Waals surface area contributed by atoms with Crippen LogP contribution in [0, 0.1) is 0 Å². The summed E-state index contributed by atoms with van der Waals surface area (Å²) in [4.78, 5) is 0. The molecule has 1 fully saturated rings. The fourth-order valence-corrected chi connectivity index (χ4v) is 4.24.